The lowest BCUT2D eigenvalue weighted by Gasteiger charge is -2.10. The highest BCUT2D eigenvalue weighted by molar-refractivity contribution is 6.30. The number of fused-ring (bicyclic) bond motifs is 1. The zero-order valence-corrected chi connectivity index (χ0v) is 16.6. The Labute approximate surface area is 174 Å². The fourth-order valence-corrected chi connectivity index (χ4v) is 3.10. The Morgan fingerprint density at radius 3 is 2.48 bits per heavy atom. The Kier molecular flexibility index (Phi) is 5.41. The highest BCUT2D eigenvalue weighted by atomic mass is 35.5. The number of ketones is 1. The second-order valence-corrected chi connectivity index (χ2v) is 7.13. The van der Waals surface area contributed by atoms with Crippen molar-refractivity contribution >= 4 is 34.4 Å². The molecule has 29 heavy (non-hydrogen) atoms. The predicted molar refractivity (Wildman–Crippen MR) is 118 cm³/mol. The van der Waals surface area contributed by atoms with Crippen LogP contribution < -0.4 is 4.74 Å². The van der Waals surface area contributed by atoms with Gasteiger partial charge in [0.05, 0.1) is 5.52 Å². The van der Waals surface area contributed by atoms with Crippen molar-refractivity contribution in [1.29, 1.82) is 0 Å². The summed E-state index contributed by atoms with van der Waals surface area (Å²) in [6, 6.07) is 24.3. The Balaban J connectivity index is 1.72. The van der Waals surface area contributed by atoms with E-state index in [1.54, 1.807) is 30.3 Å². The lowest BCUT2D eigenvalue weighted by molar-refractivity contribution is 0.104. The van der Waals surface area contributed by atoms with E-state index in [0.29, 0.717) is 22.2 Å². The molecule has 0 N–H and O–H groups in total. The normalized spacial score (nSPS) is 11.1. The van der Waals surface area contributed by atoms with Crippen LogP contribution in [-0.4, -0.2) is 10.8 Å². The third-order valence-corrected chi connectivity index (χ3v) is 4.72. The van der Waals surface area contributed by atoms with Gasteiger partial charge in [-0.25, -0.2) is 4.98 Å². The number of hydrogen-bond acceptors (Lipinski definition) is 3. The minimum absolute atomic E-state index is 0.114. The number of pyridine rings is 1. The topological polar surface area (TPSA) is 39.2 Å². The van der Waals surface area contributed by atoms with E-state index in [1.165, 1.54) is 6.08 Å². The molecule has 142 valence electrons. The van der Waals surface area contributed by atoms with Crippen molar-refractivity contribution in [3.8, 4) is 11.6 Å². The molecule has 0 radical (unpaired) electrons. The summed E-state index contributed by atoms with van der Waals surface area (Å²) in [5.74, 6) is 1.02. The first-order valence-corrected chi connectivity index (χ1v) is 9.58. The van der Waals surface area contributed by atoms with Crippen molar-refractivity contribution < 1.29 is 9.53 Å². The molecular formula is C25H18ClNO2. The van der Waals surface area contributed by atoms with Crippen LogP contribution in [0.1, 0.15) is 21.5 Å². The summed E-state index contributed by atoms with van der Waals surface area (Å²) in [5, 5.41) is 1.59. The molecule has 0 amide bonds. The number of nitrogens with zero attached hydrogens (tertiary/aromatic N) is 1. The molecule has 0 atom stereocenters. The Morgan fingerprint density at radius 1 is 0.966 bits per heavy atom. The lowest BCUT2D eigenvalue weighted by Crippen LogP contribution is -1.95. The molecule has 1 heterocycles. The maximum atomic E-state index is 12.5. The van der Waals surface area contributed by atoms with E-state index in [0.717, 1.165) is 22.0 Å². The first kappa shape index (κ1) is 18.9. The summed E-state index contributed by atoms with van der Waals surface area (Å²) in [4.78, 5) is 17.2. The number of aromatic nitrogens is 1. The van der Waals surface area contributed by atoms with Crippen molar-refractivity contribution in [2.24, 2.45) is 0 Å². The zero-order valence-electron chi connectivity index (χ0n) is 15.8. The molecule has 4 aromatic rings. The van der Waals surface area contributed by atoms with Crippen LogP contribution in [0, 0.1) is 6.92 Å². The highest BCUT2D eigenvalue weighted by Crippen LogP contribution is 2.28. The third-order valence-electron chi connectivity index (χ3n) is 4.46. The van der Waals surface area contributed by atoms with E-state index in [9.17, 15) is 4.79 Å². The van der Waals surface area contributed by atoms with Crippen LogP contribution in [0.4, 0.5) is 0 Å². The molecule has 0 aliphatic rings. The van der Waals surface area contributed by atoms with Gasteiger partial charge in [-0.05, 0) is 73.7 Å². The first-order chi connectivity index (χ1) is 14.1. The van der Waals surface area contributed by atoms with Gasteiger partial charge in [-0.2, -0.15) is 0 Å². The van der Waals surface area contributed by atoms with Gasteiger partial charge < -0.3 is 4.74 Å². The number of aryl methyl sites for hydroxylation is 1. The van der Waals surface area contributed by atoms with Crippen LogP contribution in [0.25, 0.3) is 17.0 Å². The number of rotatable bonds is 5. The van der Waals surface area contributed by atoms with E-state index in [-0.39, 0.29) is 5.78 Å². The minimum Gasteiger partial charge on any atom is -0.438 e. The molecule has 1 aromatic heterocycles. The fraction of sp³-hybridized carbons (Fsp3) is 0.0400. The fourth-order valence-electron chi connectivity index (χ4n) is 2.97. The number of carbonyl (C=O) groups is 1. The van der Waals surface area contributed by atoms with Crippen LogP contribution in [0.15, 0.2) is 84.9 Å². The van der Waals surface area contributed by atoms with E-state index < -0.39 is 0 Å². The van der Waals surface area contributed by atoms with Gasteiger partial charge in [0.1, 0.15) is 5.75 Å². The van der Waals surface area contributed by atoms with Gasteiger partial charge in [0.25, 0.3) is 0 Å². The molecule has 3 aromatic carbocycles. The predicted octanol–water partition coefficient (Wildman–Crippen LogP) is 6.89. The molecule has 3 nitrogen and oxygen atoms in total. The summed E-state index contributed by atoms with van der Waals surface area (Å²) in [5.41, 5.74) is 3.28. The van der Waals surface area contributed by atoms with Crippen LogP contribution in [0.5, 0.6) is 11.6 Å². The average molecular weight is 400 g/mol. The molecule has 0 aliphatic carbocycles. The SMILES string of the molecule is Cc1ccc2nc(Oc3ccccc3)c(/C=C/C(=O)c3ccc(Cl)cc3)cc2c1. The van der Waals surface area contributed by atoms with E-state index in [4.69, 9.17) is 16.3 Å². The van der Waals surface area contributed by atoms with Gasteiger partial charge in [-0.15, -0.1) is 0 Å². The number of carbonyl (C=O) groups excluding carboxylic acids is 1. The summed E-state index contributed by atoms with van der Waals surface area (Å²) in [6.45, 7) is 2.04. The molecule has 0 unspecified atom stereocenters. The summed E-state index contributed by atoms with van der Waals surface area (Å²) in [7, 11) is 0. The van der Waals surface area contributed by atoms with Gasteiger partial charge in [-0.1, -0.05) is 41.4 Å². The molecule has 0 aliphatic heterocycles. The van der Waals surface area contributed by atoms with Gasteiger partial charge >= 0.3 is 0 Å². The van der Waals surface area contributed by atoms with E-state index in [1.807, 2.05) is 55.5 Å². The lowest BCUT2D eigenvalue weighted by atomic mass is 10.1. The number of halogens is 1. The molecule has 0 saturated heterocycles. The minimum atomic E-state index is -0.114. The molecule has 4 rings (SSSR count). The highest BCUT2D eigenvalue weighted by Gasteiger charge is 2.09. The smallest absolute Gasteiger partial charge is 0.227 e. The summed E-state index contributed by atoms with van der Waals surface area (Å²) in [6.07, 6.45) is 3.27. The Hall–Kier alpha value is -3.43. The number of ether oxygens (including phenoxy) is 1. The van der Waals surface area contributed by atoms with Crippen molar-refractivity contribution in [1.82, 2.24) is 4.98 Å². The van der Waals surface area contributed by atoms with Crippen molar-refractivity contribution in [3.05, 3.63) is 107 Å². The van der Waals surface area contributed by atoms with Gasteiger partial charge in [-0.3, -0.25) is 4.79 Å². The first-order valence-electron chi connectivity index (χ1n) is 9.21. The van der Waals surface area contributed by atoms with Gasteiger partial charge in [0.15, 0.2) is 5.78 Å². The molecular weight excluding hydrogens is 382 g/mol. The van der Waals surface area contributed by atoms with Crippen molar-refractivity contribution in [2.75, 3.05) is 0 Å². The van der Waals surface area contributed by atoms with Crippen LogP contribution >= 0.6 is 11.6 Å². The number of hydrogen-bond donors (Lipinski definition) is 0. The number of para-hydroxylation sites is 1. The van der Waals surface area contributed by atoms with Crippen LogP contribution in [0.3, 0.4) is 0 Å². The number of benzene rings is 3. The average Bonchev–Trinajstić information content (AvgIpc) is 2.73. The monoisotopic (exact) mass is 399 g/mol. The zero-order chi connectivity index (χ0) is 20.2. The second kappa shape index (κ2) is 8.29. The number of allylic oxidation sites excluding steroid dienone is 1. The van der Waals surface area contributed by atoms with Crippen molar-refractivity contribution in [3.63, 3.8) is 0 Å². The quantitative estimate of drug-likeness (QED) is 0.271. The second-order valence-electron chi connectivity index (χ2n) is 6.70. The van der Waals surface area contributed by atoms with E-state index in [2.05, 4.69) is 11.1 Å². The Bertz CT molecular complexity index is 1200. The third kappa shape index (κ3) is 4.53. The molecule has 0 spiro atoms. The van der Waals surface area contributed by atoms with Gasteiger partial charge in [0, 0.05) is 21.5 Å². The molecule has 0 saturated carbocycles. The molecule has 0 bridgehead atoms. The molecule has 0 fully saturated rings. The summed E-state index contributed by atoms with van der Waals surface area (Å²) < 4.78 is 6.01. The maximum Gasteiger partial charge on any atom is 0.227 e. The maximum absolute atomic E-state index is 12.5. The van der Waals surface area contributed by atoms with Gasteiger partial charge in [0.2, 0.25) is 5.88 Å². The van der Waals surface area contributed by atoms with Crippen LogP contribution in [-0.2, 0) is 0 Å². The standard InChI is InChI=1S/C25H18ClNO2/c1-17-7-13-23-20(15-17)16-19(25(27-23)29-22-5-3-2-4-6-22)10-14-24(28)18-8-11-21(26)12-9-18/h2-16H,1H3/b14-10+. The van der Waals surface area contributed by atoms with Crippen molar-refractivity contribution in [2.45, 2.75) is 6.92 Å². The summed E-state index contributed by atoms with van der Waals surface area (Å²) >= 11 is 5.90. The van der Waals surface area contributed by atoms with Crippen LogP contribution in [0.2, 0.25) is 5.02 Å². The molecule has 4 heteroatoms. The largest absolute Gasteiger partial charge is 0.438 e. The van der Waals surface area contributed by atoms with E-state index >= 15 is 0 Å². The Morgan fingerprint density at radius 2 is 1.72 bits per heavy atom.